The van der Waals surface area contributed by atoms with E-state index in [1.165, 1.54) is 24.1 Å². The molecule has 0 bridgehead atoms. The minimum atomic E-state index is -3.55. The van der Waals surface area contributed by atoms with Gasteiger partial charge in [0.1, 0.15) is 0 Å². The molecule has 0 spiro atoms. The van der Waals surface area contributed by atoms with Gasteiger partial charge < -0.3 is 10.2 Å². The van der Waals surface area contributed by atoms with Crippen molar-refractivity contribution >= 4 is 43.3 Å². The van der Waals surface area contributed by atoms with Crippen LogP contribution in [0.15, 0.2) is 51.8 Å². The van der Waals surface area contributed by atoms with Crippen LogP contribution < -0.4 is 5.32 Å². The van der Waals surface area contributed by atoms with Crippen molar-refractivity contribution in [3.05, 3.63) is 58.1 Å². The Bertz CT molecular complexity index is 957. The lowest BCUT2D eigenvalue weighted by Gasteiger charge is -2.18. The summed E-state index contributed by atoms with van der Waals surface area (Å²) >= 11 is 3.36. The molecule has 0 aliphatic rings. The number of amides is 2. The Labute approximate surface area is 161 Å². The van der Waals surface area contributed by atoms with Gasteiger partial charge in [0, 0.05) is 23.5 Å². The third-order valence-corrected chi connectivity index (χ3v) is 5.36. The zero-order valence-corrected chi connectivity index (χ0v) is 17.0. The summed E-state index contributed by atoms with van der Waals surface area (Å²) in [5.41, 5.74) is 1.57. The van der Waals surface area contributed by atoms with Gasteiger partial charge in [-0.3, -0.25) is 9.59 Å². The Balaban J connectivity index is 2.14. The zero-order valence-electron chi connectivity index (χ0n) is 14.6. The first-order chi connectivity index (χ1) is 12.1. The quantitative estimate of drug-likeness (QED) is 0.777. The number of benzene rings is 2. The number of sulfone groups is 1. The van der Waals surface area contributed by atoms with E-state index < -0.39 is 15.7 Å². The van der Waals surface area contributed by atoms with Gasteiger partial charge in [-0.25, -0.2) is 8.42 Å². The van der Waals surface area contributed by atoms with Gasteiger partial charge in [0.15, 0.2) is 9.84 Å². The lowest BCUT2D eigenvalue weighted by Crippen LogP contribution is -2.35. The molecule has 8 heteroatoms. The minimum absolute atomic E-state index is 0.0464. The molecule has 2 amide bonds. The molecule has 0 radical (unpaired) electrons. The number of carbonyl (C=O) groups excluding carboxylic acids is 2. The Morgan fingerprint density at radius 3 is 2.42 bits per heavy atom. The van der Waals surface area contributed by atoms with E-state index in [0.717, 1.165) is 16.3 Å². The fraction of sp³-hybridized carbons (Fsp3) is 0.222. The summed E-state index contributed by atoms with van der Waals surface area (Å²) < 4.78 is 24.6. The van der Waals surface area contributed by atoms with Crippen molar-refractivity contribution in [3.63, 3.8) is 0 Å². The van der Waals surface area contributed by atoms with E-state index in [0.29, 0.717) is 5.69 Å². The van der Waals surface area contributed by atoms with Gasteiger partial charge in [0.05, 0.1) is 17.0 Å². The van der Waals surface area contributed by atoms with Crippen LogP contribution >= 0.6 is 15.9 Å². The molecule has 1 N–H and O–H groups in total. The molecule has 0 unspecified atom stereocenters. The molecule has 2 aromatic rings. The monoisotopic (exact) mass is 438 g/mol. The number of halogens is 1. The first-order valence-corrected chi connectivity index (χ1v) is 10.4. The van der Waals surface area contributed by atoms with Gasteiger partial charge in [-0.05, 0) is 42.8 Å². The van der Waals surface area contributed by atoms with Crippen LogP contribution in [0.25, 0.3) is 0 Å². The summed E-state index contributed by atoms with van der Waals surface area (Å²) in [6, 6.07) is 11.4. The van der Waals surface area contributed by atoms with Crippen LogP contribution in [0, 0.1) is 6.92 Å². The molecule has 26 heavy (non-hydrogen) atoms. The highest BCUT2D eigenvalue weighted by atomic mass is 79.9. The maximum absolute atomic E-state index is 12.6. The molecular weight excluding hydrogens is 420 g/mol. The molecule has 2 aromatic carbocycles. The Morgan fingerprint density at radius 2 is 1.81 bits per heavy atom. The van der Waals surface area contributed by atoms with Gasteiger partial charge in [0.2, 0.25) is 5.91 Å². The minimum Gasteiger partial charge on any atom is -0.332 e. The molecule has 2 rings (SSSR count). The second kappa shape index (κ2) is 8.01. The molecule has 0 heterocycles. The normalized spacial score (nSPS) is 11.1. The number of hydrogen-bond acceptors (Lipinski definition) is 4. The maximum Gasteiger partial charge on any atom is 0.255 e. The Morgan fingerprint density at radius 1 is 1.15 bits per heavy atom. The largest absolute Gasteiger partial charge is 0.332 e. The van der Waals surface area contributed by atoms with Gasteiger partial charge in [-0.1, -0.05) is 28.1 Å². The van der Waals surface area contributed by atoms with Crippen molar-refractivity contribution in [2.45, 2.75) is 11.8 Å². The molecule has 0 aliphatic heterocycles. The summed E-state index contributed by atoms with van der Waals surface area (Å²) in [5.74, 6) is -0.906. The summed E-state index contributed by atoms with van der Waals surface area (Å²) in [5, 5.41) is 2.75. The van der Waals surface area contributed by atoms with Crippen LogP contribution in [0.2, 0.25) is 0 Å². The van der Waals surface area contributed by atoms with Gasteiger partial charge >= 0.3 is 0 Å². The van der Waals surface area contributed by atoms with Crippen LogP contribution in [0.5, 0.6) is 0 Å². The SMILES string of the molecule is Cc1cc(Br)ccc1NC(=O)CN(C)C(=O)c1ccccc1S(C)(=O)=O. The molecule has 0 saturated carbocycles. The third kappa shape index (κ3) is 4.92. The average Bonchev–Trinajstić information content (AvgIpc) is 2.56. The van der Waals surface area contributed by atoms with Crippen LogP contribution in [0.4, 0.5) is 5.69 Å². The van der Waals surface area contributed by atoms with Crippen molar-refractivity contribution in [3.8, 4) is 0 Å². The van der Waals surface area contributed by atoms with E-state index >= 15 is 0 Å². The molecule has 0 atom stereocenters. The first kappa shape index (κ1) is 20.1. The number of rotatable bonds is 5. The van der Waals surface area contributed by atoms with Crippen LogP contribution in [-0.2, 0) is 14.6 Å². The predicted octanol–water partition coefficient (Wildman–Crippen LogP) is 2.87. The molecule has 0 aromatic heterocycles. The Hall–Kier alpha value is -2.19. The van der Waals surface area contributed by atoms with E-state index in [-0.39, 0.29) is 22.9 Å². The van der Waals surface area contributed by atoms with Crippen molar-refractivity contribution in [1.29, 1.82) is 0 Å². The number of nitrogens with zero attached hydrogens (tertiary/aromatic N) is 1. The van der Waals surface area contributed by atoms with Crippen molar-refractivity contribution in [2.24, 2.45) is 0 Å². The fourth-order valence-electron chi connectivity index (χ4n) is 2.42. The van der Waals surface area contributed by atoms with Crippen molar-refractivity contribution < 1.29 is 18.0 Å². The molecule has 0 fully saturated rings. The molecule has 0 saturated heterocycles. The van der Waals surface area contributed by atoms with Crippen LogP contribution in [0.1, 0.15) is 15.9 Å². The van der Waals surface area contributed by atoms with E-state index in [4.69, 9.17) is 0 Å². The molecule has 6 nitrogen and oxygen atoms in total. The number of hydrogen-bond donors (Lipinski definition) is 1. The topological polar surface area (TPSA) is 83.6 Å². The van der Waals surface area contributed by atoms with E-state index in [9.17, 15) is 18.0 Å². The summed E-state index contributed by atoms with van der Waals surface area (Å²) in [7, 11) is -2.10. The standard InChI is InChI=1S/C18H19BrN2O4S/c1-12-10-13(19)8-9-15(12)20-17(22)11-21(2)18(23)14-6-4-5-7-16(14)26(3,24)25/h4-10H,11H2,1-3H3,(H,20,22). The van der Waals surface area contributed by atoms with Gasteiger partial charge in [-0.15, -0.1) is 0 Å². The fourth-order valence-corrected chi connectivity index (χ4v) is 3.77. The number of nitrogens with one attached hydrogen (secondary N) is 1. The summed E-state index contributed by atoms with van der Waals surface area (Å²) in [4.78, 5) is 26.0. The Kier molecular flexibility index (Phi) is 6.20. The van der Waals surface area contributed by atoms with Crippen molar-refractivity contribution in [2.75, 3.05) is 25.2 Å². The van der Waals surface area contributed by atoms with Gasteiger partial charge in [0.25, 0.3) is 5.91 Å². The molecule has 138 valence electrons. The average molecular weight is 439 g/mol. The lowest BCUT2D eigenvalue weighted by atomic mass is 10.2. The molecule has 0 aliphatic carbocycles. The van der Waals surface area contributed by atoms with Crippen molar-refractivity contribution in [1.82, 2.24) is 4.90 Å². The van der Waals surface area contributed by atoms with E-state index in [1.807, 2.05) is 13.0 Å². The first-order valence-electron chi connectivity index (χ1n) is 7.70. The predicted molar refractivity (Wildman–Crippen MR) is 104 cm³/mol. The summed E-state index contributed by atoms with van der Waals surface area (Å²) in [6.45, 7) is 1.66. The van der Waals surface area contributed by atoms with Crippen LogP contribution in [0.3, 0.4) is 0 Å². The highest BCUT2D eigenvalue weighted by Gasteiger charge is 2.22. The second-order valence-corrected chi connectivity index (χ2v) is 8.84. The number of anilines is 1. The van der Waals surface area contributed by atoms with E-state index in [2.05, 4.69) is 21.2 Å². The molecular formula is C18H19BrN2O4S. The maximum atomic E-state index is 12.6. The zero-order chi connectivity index (χ0) is 19.5. The highest BCUT2D eigenvalue weighted by Crippen LogP contribution is 2.20. The summed E-state index contributed by atoms with van der Waals surface area (Å²) in [6.07, 6.45) is 1.04. The van der Waals surface area contributed by atoms with Gasteiger partial charge in [-0.2, -0.15) is 0 Å². The number of aryl methyl sites for hydroxylation is 1. The highest BCUT2D eigenvalue weighted by molar-refractivity contribution is 9.10. The smallest absolute Gasteiger partial charge is 0.255 e. The number of likely N-dealkylation sites (N-methyl/N-ethyl adjacent to an activating group) is 1. The van der Waals surface area contributed by atoms with Crippen LogP contribution in [-0.4, -0.2) is 45.0 Å². The lowest BCUT2D eigenvalue weighted by molar-refractivity contribution is -0.116. The number of carbonyl (C=O) groups is 2. The second-order valence-electron chi connectivity index (χ2n) is 5.94. The third-order valence-electron chi connectivity index (χ3n) is 3.71. The van der Waals surface area contributed by atoms with E-state index in [1.54, 1.807) is 24.3 Å².